The van der Waals surface area contributed by atoms with Crippen molar-refractivity contribution >= 4 is 22.1 Å². The molecule has 2 aromatic carbocycles. The van der Waals surface area contributed by atoms with Crippen LogP contribution in [0.25, 0.3) is 0 Å². The molecule has 2 aromatic rings. The van der Waals surface area contributed by atoms with Crippen LogP contribution in [0.3, 0.4) is 0 Å². The number of carbonyl (C=O) groups excluding carboxylic acids is 1. The zero-order valence-corrected chi connectivity index (χ0v) is 17.9. The van der Waals surface area contributed by atoms with E-state index in [-0.39, 0.29) is 10.3 Å². The Hall–Kier alpha value is -2.51. The van der Waals surface area contributed by atoms with E-state index in [1.54, 1.807) is 6.21 Å². The number of carbonyl (C=O) groups is 1. The molecule has 0 bridgehead atoms. The van der Waals surface area contributed by atoms with Gasteiger partial charge < -0.3 is 0 Å². The van der Waals surface area contributed by atoms with Crippen LogP contribution in [0.5, 0.6) is 0 Å². The van der Waals surface area contributed by atoms with Gasteiger partial charge in [0.2, 0.25) is 10.0 Å². The molecule has 0 spiro atoms. The summed E-state index contributed by atoms with van der Waals surface area (Å²) >= 11 is 0. The van der Waals surface area contributed by atoms with Crippen LogP contribution in [0, 0.1) is 0 Å². The number of hydrogen-bond acceptors (Lipinski definition) is 4. The predicted molar refractivity (Wildman–Crippen MR) is 115 cm³/mol. The first-order valence-electron chi connectivity index (χ1n) is 9.72. The Morgan fingerprint density at radius 2 is 1.59 bits per heavy atom. The zero-order chi connectivity index (χ0) is 21.1. The average molecular weight is 414 g/mol. The molecule has 0 aliphatic carbocycles. The van der Waals surface area contributed by atoms with Crippen molar-refractivity contribution < 1.29 is 13.2 Å². The summed E-state index contributed by atoms with van der Waals surface area (Å²) in [4.78, 5) is 12.5. The fourth-order valence-corrected chi connectivity index (χ4v) is 4.67. The Labute approximate surface area is 172 Å². The molecule has 1 heterocycles. The Bertz CT molecular complexity index is 983. The highest BCUT2D eigenvalue weighted by Crippen LogP contribution is 2.22. The molecule has 0 radical (unpaired) electrons. The smallest absolute Gasteiger partial charge is 0.267 e. The van der Waals surface area contributed by atoms with Crippen LogP contribution in [0.4, 0.5) is 0 Å². The van der Waals surface area contributed by atoms with Gasteiger partial charge in [0.15, 0.2) is 0 Å². The predicted octanol–water partition coefficient (Wildman–Crippen LogP) is 3.53. The van der Waals surface area contributed by atoms with Crippen LogP contribution in [-0.2, 0) is 15.4 Å². The topological polar surface area (TPSA) is 78.8 Å². The van der Waals surface area contributed by atoms with E-state index < -0.39 is 15.9 Å². The van der Waals surface area contributed by atoms with Gasteiger partial charge in [0.25, 0.3) is 5.91 Å². The Kier molecular flexibility index (Phi) is 6.19. The van der Waals surface area contributed by atoms with Crippen LogP contribution in [0.2, 0.25) is 0 Å². The van der Waals surface area contributed by atoms with Gasteiger partial charge >= 0.3 is 0 Å². The van der Waals surface area contributed by atoms with Crippen LogP contribution >= 0.6 is 0 Å². The van der Waals surface area contributed by atoms with E-state index >= 15 is 0 Å². The number of sulfonamides is 1. The van der Waals surface area contributed by atoms with Gasteiger partial charge in [-0.1, -0.05) is 45.0 Å². The lowest BCUT2D eigenvalue weighted by atomic mass is 9.87. The standard InChI is InChI=1S/C22H27N3O3S/c1-22(2,3)19-10-6-17(7-11-19)16-23-24-21(26)18-8-12-20(13-9-18)29(27,28)25-14-4-5-15-25/h6-13,16H,4-5,14-15H2,1-3H3,(H,24,26)/b23-16-. The molecule has 1 amide bonds. The van der Waals surface area contributed by atoms with Gasteiger partial charge in [-0.05, 0) is 53.6 Å². The van der Waals surface area contributed by atoms with Crippen LogP contribution < -0.4 is 5.43 Å². The van der Waals surface area contributed by atoms with Crippen molar-refractivity contribution in [1.82, 2.24) is 9.73 Å². The third kappa shape index (κ3) is 5.10. The third-order valence-corrected chi connectivity index (χ3v) is 6.89. The number of rotatable bonds is 5. The molecule has 0 aromatic heterocycles. The highest BCUT2D eigenvalue weighted by atomic mass is 32.2. The van der Waals surface area contributed by atoms with Gasteiger partial charge in [-0.3, -0.25) is 4.79 Å². The number of nitrogens with one attached hydrogen (secondary N) is 1. The molecule has 0 unspecified atom stereocenters. The van der Waals surface area contributed by atoms with E-state index in [0.29, 0.717) is 18.7 Å². The first-order valence-corrected chi connectivity index (χ1v) is 11.2. The maximum atomic E-state index is 12.5. The van der Waals surface area contributed by atoms with Crippen molar-refractivity contribution in [1.29, 1.82) is 0 Å². The highest BCUT2D eigenvalue weighted by molar-refractivity contribution is 7.89. The molecule has 3 rings (SSSR count). The summed E-state index contributed by atoms with van der Waals surface area (Å²) in [6, 6.07) is 13.9. The maximum Gasteiger partial charge on any atom is 0.271 e. The zero-order valence-electron chi connectivity index (χ0n) is 17.1. The second-order valence-corrected chi connectivity index (χ2v) is 10.1. The average Bonchev–Trinajstić information content (AvgIpc) is 3.23. The highest BCUT2D eigenvalue weighted by Gasteiger charge is 2.27. The van der Waals surface area contributed by atoms with E-state index in [1.165, 1.54) is 34.1 Å². The van der Waals surface area contributed by atoms with Gasteiger partial charge in [0.1, 0.15) is 0 Å². The van der Waals surface area contributed by atoms with Gasteiger partial charge in [-0.2, -0.15) is 9.41 Å². The first kappa shape index (κ1) is 21.2. The van der Waals surface area contributed by atoms with Crippen molar-refractivity contribution in [2.75, 3.05) is 13.1 Å². The number of hydrazone groups is 1. The van der Waals surface area contributed by atoms with E-state index in [2.05, 4.69) is 31.3 Å². The molecule has 1 aliphatic heterocycles. The Morgan fingerprint density at radius 3 is 2.14 bits per heavy atom. The molecule has 154 valence electrons. The summed E-state index contributed by atoms with van der Waals surface area (Å²) < 4.78 is 26.5. The first-order chi connectivity index (χ1) is 13.7. The number of benzene rings is 2. The van der Waals surface area contributed by atoms with Gasteiger partial charge in [0, 0.05) is 18.7 Å². The summed E-state index contributed by atoms with van der Waals surface area (Å²) in [7, 11) is -3.48. The molecule has 0 atom stereocenters. The minimum absolute atomic E-state index is 0.0817. The van der Waals surface area contributed by atoms with Crippen LogP contribution in [0.1, 0.15) is 55.1 Å². The number of nitrogens with zero attached hydrogens (tertiary/aromatic N) is 2. The summed E-state index contributed by atoms with van der Waals surface area (Å²) in [6.45, 7) is 7.56. The molecule has 1 N–H and O–H groups in total. The van der Waals surface area contributed by atoms with E-state index in [4.69, 9.17) is 0 Å². The lowest BCUT2D eigenvalue weighted by molar-refractivity contribution is 0.0955. The van der Waals surface area contributed by atoms with E-state index in [0.717, 1.165) is 18.4 Å². The monoisotopic (exact) mass is 413 g/mol. The van der Waals surface area contributed by atoms with Crippen molar-refractivity contribution in [2.45, 2.75) is 43.9 Å². The minimum Gasteiger partial charge on any atom is -0.267 e. The van der Waals surface area contributed by atoms with Crippen molar-refractivity contribution in [3.05, 3.63) is 65.2 Å². The summed E-state index contributed by atoms with van der Waals surface area (Å²) in [5, 5.41) is 3.99. The Morgan fingerprint density at radius 1 is 1.00 bits per heavy atom. The Balaban J connectivity index is 1.61. The van der Waals surface area contributed by atoms with Crippen LogP contribution in [-0.4, -0.2) is 37.9 Å². The molecule has 1 fully saturated rings. The molecule has 1 saturated heterocycles. The number of amides is 1. The lowest BCUT2D eigenvalue weighted by Crippen LogP contribution is -2.28. The second kappa shape index (κ2) is 8.47. The fraction of sp³-hybridized carbons (Fsp3) is 0.364. The quantitative estimate of drug-likeness (QED) is 0.602. The molecule has 1 aliphatic rings. The molecule has 7 heteroatoms. The summed E-state index contributed by atoms with van der Waals surface area (Å²) in [5.41, 5.74) is 5.01. The van der Waals surface area contributed by atoms with Gasteiger partial charge in [0.05, 0.1) is 11.1 Å². The molecular weight excluding hydrogens is 386 g/mol. The molecule has 0 saturated carbocycles. The number of hydrogen-bond donors (Lipinski definition) is 1. The summed E-state index contributed by atoms with van der Waals surface area (Å²) in [6.07, 6.45) is 3.35. The van der Waals surface area contributed by atoms with Crippen LogP contribution in [0.15, 0.2) is 58.5 Å². The normalized spacial score (nSPS) is 15.7. The van der Waals surface area contributed by atoms with Crippen molar-refractivity contribution in [3.63, 3.8) is 0 Å². The van der Waals surface area contributed by atoms with Gasteiger partial charge in [-0.25, -0.2) is 13.8 Å². The molecule has 29 heavy (non-hydrogen) atoms. The van der Waals surface area contributed by atoms with E-state index in [9.17, 15) is 13.2 Å². The lowest BCUT2D eigenvalue weighted by Gasteiger charge is -2.18. The summed E-state index contributed by atoms with van der Waals surface area (Å²) in [5.74, 6) is -0.391. The fourth-order valence-electron chi connectivity index (χ4n) is 3.15. The van der Waals surface area contributed by atoms with E-state index in [1.807, 2.05) is 24.3 Å². The van der Waals surface area contributed by atoms with Crippen molar-refractivity contribution in [2.24, 2.45) is 5.10 Å². The third-order valence-electron chi connectivity index (χ3n) is 4.98. The maximum absolute atomic E-state index is 12.5. The molecular formula is C22H27N3O3S. The van der Waals surface area contributed by atoms with Gasteiger partial charge in [-0.15, -0.1) is 0 Å². The van der Waals surface area contributed by atoms with Crippen molar-refractivity contribution in [3.8, 4) is 0 Å². The SMILES string of the molecule is CC(C)(C)c1ccc(/C=N\NC(=O)c2ccc(S(=O)(=O)N3CCCC3)cc2)cc1. The molecule has 6 nitrogen and oxygen atoms in total. The minimum atomic E-state index is -3.48. The largest absolute Gasteiger partial charge is 0.271 e. The second-order valence-electron chi connectivity index (χ2n) is 8.21.